The van der Waals surface area contributed by atoms with Crippen molar-refractivity contribution in [1.29, 1.82) is 0 Å². The summed E-state index contributed by atoms with van der Waals surface area (Å²) in [5, 5.41) is 0. The quantitative estimate of drug-likeness (QED) is 0.679. The lowest BCUT2D eigenvalue weighted by molar-refractivity contribution is -0.121. The second-order valence-corrected chi connectivity index (χ2v) is 5.49. The molecule has 2 saturated heterocycles. The van der Waals surface area contributed by atoms with Crippen LogP contribution in [0.15, 0.2) is 0 Å². The standard InChI is InChI=1S/C12H22N2O/c1-10(11(2)15)14-7-5-12(9-14)4-6-13(3)8-12/h10H,4-9H2,1-3H3. The van der Waals surface area contributed by atoms with Crippen molar-refractivity contribution in [3.05, 3.63) is 0 Å². The van der Waals surface area contributed by atoms with Gasteiger partial charge in [-0.2, -0.15) is 0 Å². The number of hydrogen-bond donors (Lipinski definition) is 0. The minimum atomic E-state index is 0.121. The Bertz CT molecular complexity index is 266. The van der Waals surface area contributed by atoms with Crippen LogP contribution in [-0.2, 0) is 4.79 Å². The van der Waals surface area contributed by atoms with E-state index in [-0.39, 0.29) is 6.04 Å². The highest BCUT2D eigenvalue weighted by molar-refractivity contribution is 5.81. The first-order valence-corrected chi connectivity index (χ1v) is 5.95. The van der Waals surface area contributed by atoms with Crippen molar-refractivity contribution >= 4 is 5.78 Å². The van der Waals surface area contributed by atoms with E-state index in [9.17, 15) is 4.79 Å². The molecular weight excluding hydrogens is 188 g/mol. The van der Waals surface area contributed by atoms with Crippen LogP contribution in [0.2, 0.25) is 0 Å². The lowest BCUT2D eigenvalue weighted by atomic mass is 9.86. The van der Waals surface area contributed by atoms with Gasteiger partial charge in [0.2, 0.25) is 0 Å². The van der Waals surface area contributed by atoms with E-state index in [4.69, 9.17) is 0 Å². The van der Waals surface area contributed by atoms with Crippen molar-refractivity contribution in [3.63, 3.8) is 0 Å². The molecule has 3 heteroatoms. The molecule has 2 unspecified atom stereocenters. The van der Waals surface area contributed by atoms with Crippen molar-refractivity contribution in [2.75, 3.05) is 33.2 Å². The molecule has 0 saturated carbocycles. The molecular formula is C12H22N2O. The number of carbonyl (C=O) groups excluding carboxylic acids is 1. The molecule has 15 heavy (non-hydrogen) atoms. The molecule has 0 bridgehead atoms. The van der Waals surface area contributed by atoms with Crippen molar-refractivity contribution in [2.45, 2.75) is 32.7 Å². The Balaban J connectivity index is 1.97. The van der Waals surface area contributed by atoms with Crippen molar-refractivity contribution in [1.82, 2.24) is 9.80 Å². The molecule has 0 aromatic rings. The molecule has 3 nitrogen and oxygen atoms in total. The predicted molar refractivity (Wildman–Crippen MR) is 60.9 cm³/mol. The average Bonchev–Trinajstić information content (AvgIpc) is 2.74. The highest BCUT2D eigenvalue weighted by Crippen LogP contribution is 2.39. The molecule has 0 aromatic heterocycles. The SMILES string of the molecule is CC(=O)C(C)N1CCC2(CCN(C)C2)C1. The van der Waals surface area contributed by atoms with Gasteiger partial charge in [-0.25, -0.2) is 0 Å². The summed E-state index contributed by atoms with van der Waals surface area (Å²) >= 11 is 0. The van der Waals surface area contributed by atoms with Crippen molar-refractivity contribution in [2.24, 2.45) is 5.41 Å². The van der Waals surface area contributed by atoms with E-state index in [1.165, 1.54) is 25.9 Å². The third kappa shape index (κ3) is 2.08. The van der Waals surface area contributed by atoms with Crippen LogP contribution in [0.25, 0.3) is 0 Å². The normalized spacial score (nSPS) is 35.1. The molecule has 2 fully saturated rings. The van der Waals surface area contributed by atoms with Crippen LogP contribution in [0.4, 0.5) is 0 Å². The first kappa shape index (κ1) is 11.1. The van der Waals surface area contributed by atoms with Crippen LogP contribution < -0.4 is 0 Å². The number of ketones is 1. The highest BCUT2D eigenvalue weighted by Gasteiger charge is 2.43. The van der Waals surface area contributed by atoms with Gasteiger partial charge in [-0.3, -0.25) is 9.69 Å². The summed E-state index contributed by atoms with van der Waals surface area (Å²) in [6.07, 6.45) is 2.58. The second kappa shape index (κ2) is 3.87. The van der Waals surface area contributed by atoms with Crippen LogP contribution in [0, 0.1) is 5.41 Å². The summed E-state index contributed by atoms with van der Waals surface area (Å²) in [5.41, 5.74) is 0.498. The van der Waals surface area contributed by atoms with Gasteiger partial charge in [-0.15, -0.1) is 0 Å². The van der Waals surface area contributed by atoms with Gasteiger partial charge in [0, 0.05) is 13.1 Å². The Kier molecular flexibility index (Phi) is 2.86. The minimum Gasteiger partial charge on any atom is -0.306 e. The van der Waals surface area contributed by atoms with Crippen LogP contribution in [0.1, 0.15) is 26.7 Å². The molecule has 0 amide bonds. The lowest BCUT2D eigenvalue weighted by Gasteiger charge is -2.26. The molecule has 0 N–H and O–H groups in total. The molecule has 2 atom stereocenters. The maximum atomic E-state index is 11.3. The summed E-state index contributed by atoms with van der Waals surface area (Å²) in [7, 11) is 2.20. The third-order valence-corrected chi connectivity index (χ3v) is 4.23. The Hall–Kier alpha value is -0.410. The lowest BCUT2D eigenvalue weighted by Crippen LogP contribution is -2.38. The van der Waals surface area contributed by atoms with Gasteiger partial charge in [0.05, 0.1) is 6.04 Å². The number of nitrogens with zero attached hydrogens (tertiary/aromatic N) is 2. The van der Waals surface area contributed by atoms with E-state index in [1.54, 1.807) is 6.92 Å². The summed E-state index contributed by atoms with van der Waals surface area (Å²) in [6.45, 7) is 8.42. The van der Waals surface area contributed by atoms with Gasteiger partial charge in [0.1, 0.15) is 5.78 Å². The van der Waals surface area contributed by atoms with E-state index in [2.05, 4.69) is 16.8 Å². The maximum Gasteiger partial charge on any atom is 0.146 e. The van der Waals surface area contributed by atoms with Crippen LogP contribution >= 0.6 is 0 Å². The number of rotatable bonds is 2. The number of carbonyl (C=O) groups is 1. The number of likely N-dealkylation sites (tertiary alicyclic amines) is 2. The van der Waals surface area contributed by atoms with E-state index in [0.29, 0.717) is 11.2 Å². The Morgan fingerprint density at radius 3 is 2.47 bits per heavy atom. The third-order valence-electron chi connectivity index (χ3n) is 4.23. The largest absolute Gasteiger partial charge is 0.306 e. The maximum absolute atomic E-state index is 11.3. The van der Waals surface area contributed by atoms with E-state index < -0.39 is 0 Å². The molecule has 0 aromatic carbocycles. The van der Waals surface area contributed by atoms with Gasteiger partial charge in [-0.1, -0.05) is 0 Å². The zero-order chi connectivity index (χ0) is 11.1. The van der Waals surface area contributed by atoms with Crippen LogP contribution in [0.3, 0.4) is 0 Å². The molecule has 1 spiro atoms. The van der Waals surface area contributed by atoms with Crippen LogP contribution in [-0.4, -0.2) is 54.9 Å². The van der Waals surface area contributed by atoms with Gasteiger partial charge in [-0.05, 0) is 52.2 Å². The zero-order valence-electron chi connectivity index (χ0n) is 10.1. The van der Waals surface area contributed by atoms with Crippen molar-refractivity contribution in [3.8, 4) is 0 Å². The number of hydrogen-bond acceptors (Lipinski definition) is 3. The van der Waals surface area contributed by atoms with Gasteiger partial charge >= 0.3 is 0 Å². The second-order valence-electron chi connectivity index (χ2n) is 5.49. The molecule has 86 valence electrons. The molecule has 0 radical (unpaired) electrons. The topological polar surface area (TPSA) is 23.6 Å². The highest BCUT2D eigenvalue weighted by atomic mass is 16.1. The molecule has 0 aliphatic carbocycles. The summed E-state index contributed by atoms with van der Waals surface area (Å²) in [5.74, 6) is 0.304. The Morgan fingerprint density at radius 2 is 1.93 bits per heavy atom. The minimum absolute atomic E-state index is 0.121. The van der Waals surface area contributed by atoms with E-state index >= 15 is 0 Å². The molecule has 2 aliphatic heterocycles. The average molecular weight is 210 g/mol. The van der Waals surface area contributed by atoms with E-state index in [0.717, 1.165) is 13.1 Å². The predicted octanol–water partition coefficient (Wildman–Crippen LogP) is 0.991. The fourth-order valence-electron chi connectivity index (χ4n) is 3.05. The van der Waals surface area contributed by atoms with Crippen molar-refractivity contribution < 1.29 is 4.79 Å². The molecule has 2 aliphatic rings. The fraction of sp³-hybridized carbons (Fsp3) is 0.917. The Morgan fingerprint density at radius 1 is 1.27 bits per heavy atom. The fourth-order valence-corrected chi connectivity index (χ4v) is 3.05. The Labute approximate surface area is 92.4 Å². The van der Waals surface area contributed by atoms with E-state index in [1.807, 2.05) is 6.92 Å². The molecule has 2 heterocycles. The summed E-state index contributed by atoms with van der Waals surface area (Å²) in [4.78, 5) is 16.1. The summed E-state index contributed by atoms with van der Waals surface area (Å²) < 4.78 is 0. The first-order chi connectivity index (χ1) is 7.02. The van der Waals surface area contributed by atoms with Gasteiger partial charge in [0.25, 0.3) is 0 Å². The van der Waals surface area contributed by atoms with Gasteiger partial charge in [0.15, 0.2) is 0 Å². The smallest absolute Gasteiger partial charge is 0.146 e. The number of Topliss-reactive ketones (excluding diaryl/α,β-unsaturated/α-hetero) is 1. The van der Waals surface area contributed by atoms with Crippen LogP contribution in [0.5, 0.6) is 0 Å². The molecule has 2 rings (SSSR count). The monoisotopic (exact) mass is 210 g/mol. The zero-order valence-corrected chi connectivity index (χ0v) is 10.1. The summed E-state index contributed by atoms with van der Waals surface area (Å²) in [6, 6.07) is 0.121. The van der Waals surface area contributed by atoms with Gasteiger partial charge < -0.3 is 4.90 Å². The first-order valence-electron chi connectivity index (χ1n) is 5.95.